The highest BCUT2D eigenvalue weighted by molar-refractivity contribution is 7.89. The standard InChI is InChI=1S/C25H31N3O5S/c1-18(12-15-26-19(2)29)14-17-34(31,32)27-16-13-21(20-8-4-3-5-9-20)24(30)25-28-22-10-6-7-11-23(22)33-25/h3-11,18,21,27H,12-17H2,1-2H3,(H,26,29). The van der Waals surface area contributed by atoms with E-state index in [1.807, 2.05) is 49.4 Å². The van der Waals surface area contributed by atoms with Gasteiger partial charge in [-0.3, -0.25) is 9.59 Å². The van der Waals surface area contributed by atoms with E-state index >= 15 is 0 Å². The molecule has 3 rings (SSSR count). The maximum atomic E-state index is 13.3. The third kappa shape index (κ3) is 7.50. The van der Waals surface area contributed by atoms with Gasteiger partial charge in [0.2, 0.25) is 21.7 Å². The summed E-state index contributed by atoms with van der Waals surface area (Å²) < 4.78 is 33.3. The summed E-state index contributed by atoms with van der Waals surface area (Å²) in [5, 5.41) is 2.72. The molecule has 1 heterocycles. The van der Waals surface area contributed by atoms with E-state index in [-0.39, 0.29) is 42.2 Å². The Morgan fingerprint density at radius 2 is 1.68 bits per heavy atom. The summed E-state index contributed by atoms with van der Waals surface area (Å²) in [6.07, 6.45) is 1.47. The predicted molar refractivity (Wildman–Crippen MR) is 131 cm³/mol. The molecule has 0 spiro atoms. The monoisotopic (exact) mass is 485 g/mol. The second kappa shape index (κ2) is 11.9. The number of ketones is 1. The number of rotatable bonds is 13. The molecule has 0 radical (unpaired) electrons. The zero-order chi connectivity index (χ0) is 24.6. The van der Waals surface area contributed by atoms with Gasteiger partial charge >= 0.3 is 0 Å². The highest BCUT2D eigenvalue weighted by atomic mass is 32.2. The highest BCUT2D eigenvalue weighted by Gasteiger charge is 2.27. The number of carbonyl (C=O) groups is 2. The summed E-state index contributed by atoms with van der Waals surface area (Å²) in [6, 6.07) is 16.4. The number of hydrogen-bond donors (Lipinski definition) is 2. The Morgan fingerprint density at radius 3 is 2.38 bits per heavy atom. The van der Waals surface area contributed by atoms with Crippen LogP contribution in [0.1, 0.15) is 55.3 Å². The molecule has 0 aliphatic carbocycles. The number of amides is 1. The summed E-state index contributed by atoms with van der Waals surface area (Å²) in [7, 11) is -3.49. The van der Waals surface area contributed by atoms with Crippen LogP contribution >= 0.6 is 0 Å². The first-order valence-electron chi connectivity index (χ1n) is 11.4. The van der Waals surface area contributed by atoms with E-state index in [1.54, 1.807) is 12.1 Å². The number of hydrogen-bond acceptors (Lipinski definition) is 6. The number of carbonyl (C=O) groups excluding carboxylic acids is 2. The van der Waals surface area contributed by atoms with E-state index in [0.717, 1.165) is 5.56 Å². The number of nitrogens with zero attached hydrogens (tertiary/aromatic N) is 1. The number of oxazole rings is 1. The van der Waals surface area contributed by atoms with E-state index < -0.39 is 15.9 Å². The SMILES string of the molecule is CC(=O)NCCC(C)CCS(=O)(=O)NCCC(C(=O)c1nc2ccccc2o1)c1ccccc1. The van der Waals surface area contributed by atoms with Gasteiger partial charge in [0.1, 0.15) is 5.52 Å². The summed E-state index contributed by atoms with van der Waals surface area (Å²) in [4.78, 5) is 28.5. The van der Waals surface area contributed by atoms with Gasteiger partial charge in [-0.15, -0.1) is 0 Å². The smallest absolute Gasteiger partial charge is 0.264 e. The van der Waals surface area contributed by atoms with Crippen LogP contribution in [0.5, 0.6) is 0 Å². The largest absolute Gasteiger partial charge is 0.434 e. The number of aromatic nitrogens is 1. The number of nitrogens with one attached hydrogen (secondary N) is 2. The zero-order valence-corrected chi connectivity index (χ0v) is 20.3. The van der Waals surface area contributed by atoms with Gasteiger partial charge in [0, 0.05) is 20.0 Å². The molecule has 2 N–H and O–H groups in total. The van der Waals surface area contributed by atoms with E-state index in [1.165, 1.54) is 6.92 Å². The highest BCUT2D eigenvalue weighted by Crippen LogP contribution is 2.26. The second-order valence-electron chi connectivity index (χ2n) is 8.48. The van der Waals surface area contributed by atoms with E-state index in [4.69, 9.17) is 4.42 Å². The van der Waals surface area contributed by atoms with Crippen LogP contribution in [0.2, 0.25) is 0 Å². The van der Waals surface area contributed by atoms with Crippen LogP contribution in [0.15, 0.2) is 59.0 Å². The molecule has 8 nitrogen and oxygen atoms in total. The van der Waals surface area contributed by atoms with Crippen molar-refractivity contribution < 1.29 is 22.4 Å². The van der Waals surface area contributed by atoms with Gasteiger partial charge in [-0.2, -0.15) is 0 Å². The first kappa shape index (κ1) is 25.6. The number of benzene rings is 2. The van der Waals surface area contributed by atoms with Gasteiger partial charge in [-0.25, -0.2) is 18.1 Å². The molecule has 0 aliphatic heterocycles. The normalized spacial score (nSPS) is 13.5. The van der Waals surface area contributed by atoms with Crippen LogP contribution in [0.4, 0.5) is 0 Å². The molecular weight excluding hydrogens is 454 g/mol. The van der Waals surface area contributed by atoms with Crippen molar-refractivity contribution in [1.29, 1.82) is 0 Å². The van der Waals surface area contributed by atoms with Crippen LogP contribution in [0.25, 0.3) is 11.1 Å². The van der Waals surface area contributed by atoms with Crippen molar-refractivity contribution in [3.63, 3.8) is 0 Å². The van der Waals surface area contributed by atoms with Gasteiger partial charge in [0.05, 0.1) is 11.7 Å². The summed E-state index contributed by atoms with van der Waals surface area (Å²) in [5.41, 5.74) is 1.91. The molecule has 1 amide bonds. The van der Waals surface area contributed by atoms with Crippen molar-refractivity contribution in [2.45, 2.75) is 39.0 Å². The first-order chi connectivity index (χ1) is 16.2. The fraction of sp³-hybridized carbons (Fsp3) is 0.400. The van der Waals surface area contributed by atoms with Crippen molar-refractivity contribution in [2.24, 2.45) is 5.92 Å². The Balaban J connectivity index is 1.60. The topological polar surface area (TPSA) is 118 Å². The average molecular weight is 486 g/mol. The Morgan fingerprint density at radius 1 is 0.971 bits per heavy atom. The molecule has 2 aromatic carbocycles. The lowest BCUT2D eigenvalue weighted by Crippen LogP contribution is -2.30. The van der Waals surface area contributed by atoms with Gasteiger partial charge in [0.25, 0.3) is 5.89 Å². The van der Waals surface area contributed by atoms with Crippen molar-refractivity contribution in [1.82, 2.24) is 15.0 Å². The Bertz CT molecular complexity index is 1170. The lowest BCUT2D eigenvalue weighted by Gasteiger charge is -2.16. The first-order valence-corrected chi connectivity index (χ1v) is 13.1. The average Bonchev–Trinajstić information content (AvgIpc) is 3.25. The summed E-state index contributed by atoms with van der Waals surface area (Å²) in [5.74, 6) is -0.806. The van der Waals surface area contributed by atoms with Crippen LogP contribution in [-0.2, 0) is 14.8 Å². The molecule has 182 valence electrons. The van der Waals surface area contributed by atoms with E-state index in [2.05, 4.69) is 15.0 Å². The Hall–Kier alpha value is -3.04. The van der Waals surface area contributed by atoms with Crippen molar-refractivity contribution in [3.05, 3.63) is 66.1 Å². The molecule has 3 aromatic rings. The lowest BCUT2D eigenvalue weighted by molar-refractivity contribution is -0.119. The quantitative estimate of drug-likeness (QED) is 0.357. The van der Waals surface area contributed by atoms with Gasteiger partial charge in [-0.1, -0.05) is 49.4 Å². The molecule has 0 fully saturated rings. The Kier molecular flexibility index (Phi) is 8.95. The second-order valence-corrected chi connectivity index (χ2v) is 10.4. The van der Waals surface area contributed by atoms with Crippen LogP contribution < -0.4 is 10.0 Å². The van der Waals surface area contributed by atoms with Crippen LogP contribution in [-0.4, -0.2) is 43.9 Å². The minimum Gasteiger partial charge on any atom is -0.434 e. The minimum absolute atomic E-state index is 0.0106. The molecular formula is C25H31N3O5S. The molecule has 0 aliphatic rings. The summed E-state index contributed by atoms with van der Waals surface area (Å²) in [6.45, 7) is 4.06. The number of Topliss-reactive ketones (excluding diaryl/α,β-unsaturated/α-hetero) is 1. The van der Waals surface area contributed by atoms with Gasteiger partial charge in [0.15, 0.2) is 5.58 Å². The molecule has 9 heteroatoms. The molecule has 34 heavy (non-hydrogen) atoms. The molecule has 2 atom stereocenters. The number of sulfonamides is 1. The molecule has 0 saturated heterocycles. The van der Waals surface area contributed by atoms with Crippen LogP contribution in [0.3, 0.4) is 0 Å². The van der Waals surface area contributed by atoms with E-state index in [9.17, 15) is 18.0 Å². The lowest BCUT2D eigenvalue weighted by atomic mass is 9.91. The molecule has 2 unspecified atom stereocenters. The fourth-order valence-corrected chi connectivity index (χ4v) is 4.97. The van der Waals surface area contributed by atoms with Gasteiger partial charge in [-0.05, 0) is 42.9 Å². The molecule has 0 saturated carbocycles. The van der Waals surface area contributed by atoms with Crippen molar-refractivity contribution >= 4 is 32.8 Å². The minimum atomic E-state index is -3.49. The number of fused-ring (bicyclic) bond motifs is 1. The third-order valence-electron chi connectivity index (χ3n) is 5.67. The molecule has 0 bridgehead atoms. The predicted octanol–water partition coefficient (Wildman–Crippen LogP) is 3.66. The number of para-hydroxylation sites is 2. The zero-order valence-electron chi connectivity index (χ0n) is 19.5. The summed E-state index contributed by atoms with van der Waals surface area (Å²) >= 11 is 0. The van der Waals surface area contributed by atoms with Crippen LogP contribution in [0, 0.1) is 5.92 Å². The molecule has 1 aromatic heterocycles. The fourth-order valence-electron chi connectivity index (χ4n) is 3.69. The van der Waals surface area contributed by atoms with Gasteiger partial charge < -0.3 is 9.73 Å². The van der Waals surface area contributed by atoms with E-state index in [0.29, 0.717) is 30.5 Å². The maximum Gasteiger partial charge on any atom is 0.264 e. The van der Waals surface area contributed by atoms with Crippen molar-refractivity contribution in [3.8, 4) is 0 Å². The van der Waals surface area contributed by atoms with Crippen molar-refractivity contribution in [2.75, 3.05) is 18.8 Å². The maximum absolute atomic E-state index is 13.3. The third-order valence-corrected chi connectivity index (χ3v) is 7.09. The Labute approximate surface area is 200 Å².